The second-order valence-electron chi connectivity index (χ2n) is 1.94. The standard InChI is InChI=1S/C6H8OS2/c1-2-6-3-4-9(8)7-5-6/h1,6H,3-5H2. The first kappa shape index (κ1) is 7.20. The Balaban J connectivity index is 2.37. The molecule has 0 amide bonds. The molecule has 1 fully saturated rings. The van der Waals surface area contributed by atoms with Crippen LogP contribution in [0.1, 0.15) is 6.42 Å². The highest BCUT2D eigenvalue weighted by Gasteiger charge is 2.13. The average molecular weight is 160 g/mol. The molecule has 1 aliphatic rings. The lowest BCUT2D eigenvalue weighted by Gasteiger charge is -2.17. The third-order valence-corrected chi connectivity index (χ3v) is 3.03. The predicted octanol–water partition coefficient (Wildman–Crippen LogP) is 0.651. The minimum Gasteiger partial charge on any atom is -0.311 e. The normalized spacial score (nSPS) is 35.4. The minimum atomic E-state index is -0.225. The van der Waals surface area contributed by atoms with E-state index >= 15 is 0 Å². The Morgan fingerprint density at radius 3 is 3.00 bits per heavy atom. The largest absolute Gasteiger partial charge is 0.311 e. The summed E-state index contributed by atoms with van der Waals surface area (Å²) >= 11 is 4.93. The molecule has 1 nitrogen and oxygen atoms in total. The average Bonchev–Trinajstić information content (AvgIpc) is 1.90. The van der Waals surface area contributed by atoms with Crippen LogP contribution in [-0.2, 0) is 25.1 Å². The fraction of sp³-hybridized carbons (Fsp3) is 0.667. The zero-order valence-corrected chi connectivity index (χ0v) is 6.63. The van der Waals surface area contributed by atoms with Crippen LogP contribution in [0.4, 0.5) is 0 Å². The van der Waals surface area contributed by atoms with Crippen LogP contribution in [0.5, 0.6) is 0 Å². The molecule has 1 heterocycles. The first-order valence-electron chi connectivity index (χ1n) is 2.80. The molecule has 50 valence electrons. The Morgan fingerprint density at radius 2 is 2.56 bits per heavy atom. The van der Waals surface area contributed by atoms with Crippen LogP contribution in [-0.4, -0.2) is 12.4 Å². The zero-order chi connectivity index (χ0) is 6.69. The van der Waals surface area contributed by atoms with Gasteiger partial charge < -0.3 is 4.18 Å². The van der Waals surface area contributed by atoms with E-state index < -0.39 is 0 Å². The Morgan fingerprint density at radius 1 is 1.78 bits per heavy atom. The molecule has 1 saturated heterocycles. The number of terminal acetylenes is 1. The molecule has 9 heavy (non-hydrogen) atoms. The zero-order valence-electron chi connectivity index (χ0n) is 5.00. The van der Waals surface area contributed by atoms with Crippen molar-refractivity contribution in [1.82, 2.24) is 0 Å². The van der Waals surface area contributed by atoms with Crippen LogP contribution in [0.2, 0.25) is 0 Å². The van der Waals surface area contributed by atoms with E-state index in [1.54, 1.807) is 0 Å². The molecule has 0 saturated carbocycles. The minimum absolute atomic E-state index is 0.225. The molecule has 0 aromatic rings. The summed E-state index contributed by atoms with van der Waals surface area (Å²) in [4.78, 5) is 0. The van der Waals surface area contributed by atoms with Gasteiger partial charge in [0, 0.05) is 21.4 Å². The van der Waals surface area contributed by atoms with Gasteiger partial charge in [0.2, 0.25) is 0 Å². The van der Waals surface area contributed by atoms with Crippen molar-refractivity contribution in [3.05, 3.63) is 0 Å². The maximum absolute atomic E-state index is 5.19. The van der Waals surface area contributed by atoms with Gasteiger partial charge in [0.25, 0.3) is 0 Å². The van der Waals surface area contributed by atoms with E-state index in [1.807, 2.05) is 0 Å². The van der Waals surface area contributed by atoms with Gasteiger partial charge in [-0.3, -0.25) is 0 Å². The third kappa shape index (κ3) is 2.05. The Hall–Kier alpha value is 0.0900. The van der Waals surface area contributed by atoms with Gasteiger partial charge in [0.1, 0.15) is 0 Å². The molecule has 0 aromatic heterocycles. The lowest BCUT2D eigenvalue weighted by Crippen LogP contribution is -2.19. The molecule has 1 rings (SSSR count). The number of rotatable bonds is 0. The van der Waals surface area contributed by atoms with Gasteiger partial charge in [-0.1, -0.05) is 0 Å². The lowest BCUT2D eigenvalue weighted by atomic mass is 10.1. The Bertz CT molecular complexity index is 149. The van der Waals surface area contributed by atoms with E-state index in [1.165, 1.54) is 0 Å². The van der Waals surface area contributed by atoms with Gasteiger partial charge in [-0.15, -0.1) is 12.3 Å². The second-order valence-corrected chi connectivity index (χ2v) is 4.31. The van der Waals surface area contributed by atoms with Gasteiger partial charge in [-0.25, -0.2) is 0 Å². The first-order chi connectivity index (χ1) is 4.33. The van der Waals surface area contributed by atoms with Crippen molar-refractivity contribution in [2.24, 2.45) is 5.92 Å². The highest BCUT2D eigenvalue weighted by Crippen LogP contribution is 2.11. The van der Waals surface area contributed by atoms with E-state index in [-0.39, 0.29) is 9.74 Å². The fourth-order valence-corrected chi connectivity index (χ4v) is 2.04. The quantitative estimate of drug-likeness (QED) is 0.481. The molecule has 1 aliphatic heterocycles. The first-order valence-corrected chi connectivity index (χ1v) is 5.05. The smallest absolute Gasteiger partial charge is 0.0754 e. The topological polar surface area (TPSA) is 9.23 Å². The third-order valence-electron chi connectivity index (χ3n) is 1.27. The highest BCUT2D eigenvalue weighted by atomic mass is 32.8. The van der Waals surface area contributed by atoms with Crippen molar-refractivity contribution in [2.45, 2.75) is 6.42 Å². The van der Waals surface area contributed by atoms with Crippen molar-refractivity contribution in [3.8, 4) is 12.3 Å². The number of hydrogen-bond donors (Lipinski definition) is 0. The van der Waals surface area contributed by atoms with E-state index in [9.17, 15) is 0 Å². The predicted molar refractivity (Wildman–Crippen MR) is 42.5 cm³/mol. The second kappa shape index (κ2) is 3.31. The van der Waals surface area contributed by atoms with E-state index in [4.69, 9.17) is 21.8 Å². The molecule has 2 unspecified atom stereocenters. The van der Waals surface area contributed by atoms with Gasteiger partial charge in [-0.2, -0.15) is 0 Å². The van der Waals surface area contributed by atoms with E-state index in [0.717, 1.165) is 12.2 Å². The summed E-state index contributed by atoms with van der Waals surface area (Å²) in [6.07, 6.45) is 6.23. The van der Waals surface area contributed by atoms with Crippen molar-refractivity contribution in [3.63, 3.8) is 0 Å². The van der Waals surface area contributed by atoms with Gasteiger partial charge >= 0.3 is 0 Å². The van der Waals surface area contributed by atoms with Crippen molar-refractivity contribution in [1.29, 1.82) is 0 Å². The van der Waals surface area contributed by atoms with Gasteiger partial charge in [0.05, 0.1) is 6.61 Å². The van der Waals surface area contributed by atoms with E-state index in [2.05, 4.69) is 5.92 Å². The Kier molecular flexibility index (Phi) is 2.65. The summed E-state index contributed by atoms with van der Waals surface area (Å²) in [5.41, 5.74) is 0. The maximum Gasteiger partial charge on any atom is 0.0754 e. The van der Waals surface area contributed by atoms with Crippen LogP contribution in [0, 0.1) is 18.3 Å². The lowest BCUT2D eigenvalue weighted by molar-refractivity contribution is 0.300. The summed E-state index contributed by atoms with van der Waals surface area (Å²) in [5.74, 6) is 3.94. The molecule has 0 aliphatic carbocycles. The molecule has 0 bridgehead atoms. The molecule has 0 spiro atoms. The summed E-state index contributed by atoms with van der Waals surface area (Å²) < 4.78 is 5.18. The molecular formula is C6H8OS2. The molecule has 0 radical (unpaired) electrons. The fourth-order valence-electron chi connectivity index (χ4n) is 0.670. The summed E-state index contributed by atoms with van der Waals surface area (Å²) in [7, 11) is -0.225. The van der Waals surface area contributed by atoms with Crippen LogP contribution in [0.3, 0.4) is 0 Å². The van der Waals surface area contributed by atoms with Crippen molar-refractivity contribution >= 4 is 20.9 Å². The monoisotopic (exact) mass is 160 g/mol. The molecule has 3 heteroatoms. The van der Waals surface area contributed by atoms with Crippen LogP contribution in [0.25, 0.3) is 0 Å². The summed E-state index contributed by atoms with van der Waals surface area (Å²) in [6, 6.07) is 0. The molecule has 2 atom stereocenters. The van der Waals surface area contributed by atoms with Gasteiger partial charge in [0.15, 0.2) is 0 Å². The van der Waals surface area contributed by atoms with Gasteiger partial charge in [-0.05, 0) is 17.6 Å². The van der Waals surface area contributed by atoms with E-state index in [0.29, 0.717) is 12.5 Å². The summed E-state index contributed by atoms with van der Waals surface area (Å²) in [6.45, 7) is 0.670. The van der Waals surface area contributed by atoms with Crippen LogP contribution in [0.15, 0.2) is 0 Å². The molecule has 0 N–H and O–H groups in total. The van der Waals surface area contributed by atoms with Crippen molar-refractivity contribution in [2.75, 3.05) is 12.4 Å². The van der Waals surface area contributed by atoms with Crippen molar-refractivity contribution < 1.29 is 4.18 Å². The Labute approximate surface area is 62.6 Å². The highest BCUT2D eigenvalue weighted by molar-refractivity contribution is 8.26. The molecular weight excluding hydrogens is 152 g/mol. The SMILES string of the molecule is C#CC1CCS(=S)OC1. The summed E-state index contributed by atoms with van der Waals surface area (Å²) in [5, 5.41) is 0. The van der Waals surface area contributed by atoms with Crippen LogP contribution >= 0.6 is 0 Å². The molecule has 0 aromatic carbocycles. The number of hydrogen-bond acceptors (Lipinski definition) is 2. The maximum atomic E-state index is 5.19. The van der Waals surface area contributed by atoms with Crippen LogP contribution < -0.4 is 0 Å².